The number of hydrogen-bond acceptors (Lipinski definition) is 4. The Hall–Kier alpha value is -2.49. The van der Waals surface area contributed by atoms with Crippen LogP contribution in [0, 0.1) is 12.7 Å². The van der Waals surface area contributed by atoms with Gasteiger partial charge in [0.2, 0.25) is 10.0 Å². The molecule has 1 fully saturated rings. The smallest absolute Gasteiger partial charge is 0.309 e. The Kier molecular flexibility index (Phi) is 8.45. The highest BCUT2D eigenvalue weighted by Crippen LogP contribution is 2.27. The van der Waals surface area contributed by atoms with Gasteiger partial charge in [0, 0.05) is 30.7 Å². The summed E-state index contributed by atoms with van der Waals surface area (Å²) >= 11 is 5.82. The molecule has 7 nitrogen and oxygen atoms in total. The van der Waals surface area contributed by atoms with Gasteiger partial charge in [0.15, 0.2) is 0 Å². The average molecular weight is 496 g/mol. The molecule has 1 heterocycles. The van der Waals surface area contributed by atoms with E-state index in [1.807, 2.05) is 0 Å². The fourth-order valence-corrected chi connectivity index (χ4v) is 5.72. The number of amides is 2. The van der Waals surface area contributed by atoms with Gasteiger partial charge < -0.3 is 10.6 Å². The zero-order valence-electron chi connectivity index (χ0n) is 18.3. The summed E-state index contributed by atoms with van der Waals surface area (Å²) in [7, 11) is -3.79. The van der Waals surface area contributed by atoms with E-state index in [0.717, 1.165) is 24.5 Å². The quantitative estimate of drug-likeness (QED) is 0.577. The molecular formula is C23H27ClFN3O4S. The monoisotopic (exact) mass is 495 g/mol. The van der Waals surface area contributed by atoms with Crippen LogP contribution in [0.25, 0.3) is 0 Å². The minimum atomic E-state index is -3.79. The highest BCUT2D eigenvalue weighted by atomic mass is 35.5. The molecule has 10 heteroatoms. The molecule has 0 radical (unpaired) electrons. The van der Waals surface area contributed by atoms with Gasteiger partial charge in [-0.05, 0) is 67.6 Å². The Morgan fingerprint density at radius 3 is 2.48 bits per heavy atom. The summed E-state index contributed by atoms with van der Waals surface area (Å²) in [6.45, 7) is 2.23. The van der Waals surface area contributed by atoms with Crippen LogP contribution >= 0.6 is 11.6 Å². The minimum absolute atomic E-state index is 0.0545. The summed E-state index contributed by atoms with van der Waals surface area (Å²) in [6, 6.07) is 10.3. The minimum Gasteiger partial charge on any atom is -0.348 e. The van der Waals surface area contributed by atoms with Crippen molar-refractivity contribution in [2.75, 3.05) is 13.1 Å². The van der Waals surface area contributed by atoms with E-state index in [1.165, 1.54) is 23.4 Å². The summed E-state index contributed by atoms with van der Waals surface area (Å²) < 4.78 is 41.3. The van der Waals surface area contributed by atoms with E-state index >= 15 is 0 Å². The largest absolute Gasteiger partial charge is 0.348 e. The Labute approximate surface area is 198 Å². The van der Waals surface area contributed by atoms with Gasteiger partial charge in [-0.2, -0.15) is 4.31 Å². The van der Waals surface area contributed by atoms with Crippen LogP contribution in [0.15, 0.2) is 47.4 Å². The molecule has 0 aliphatic carbocycles. The molecule has 0 aromatic heterocycles. The molecule has 33 heavy (non-hydrogen) atoms. The number of carbonyl (C=O) groups excluding carboxylic acids is 2. The molecule has 1 aliphatic heterocycles. The third-order valence-electron chi connectivity index (χ3n) is 5.64. The fraction of sp³-hybridized carbons (Fsp3) is 0.391. The van der Waals surface area contributed by atoms with E-state index in [4.69, 9.17) is 11.6 Å². The Morgan fingerprint density at radius 1 is 1.09 bits per heavy atom. The summed E-state index contributed by atoms with van der Waals surface area (Å²) in [5, 5.41) is 5.68. The van der Waals surface area contributed by atoms with Gasteiger partial charge in [-0.3, -0.25) is 9.59 Å². The Morgan fingerprint density at radius 2 is 1.79 bits per heavy atom. The predicted octanol–water partition coefficient (Wildman–Crippen LogP) is 3.15. The number of nitrogens with one attached hydrogen (secondary N) is 2. The lowest BCUT2D eigenvalue weighted by molar-refractivity contribution is -0.139. The number of rotatable bonds is 7. The molecule has 0 spiro atoms. The molecule has 2 N–H and O–H groups in total. The molecule has 178 valence electrons. The number of sulfonamides is 1. The van der Waals surface area contributed by atoms with Crippen molar-refractivity contribution in [2.45, 2.75) is 50.1 Å². The first-order valence-corrected chi connectivity index (χ1v) is 12.6. The van der Waals surface area contributed by atoms with Gasteiger partial charge in [0.25, 0.3) is 0 Å². The number of benzene rings is 2. The molecule has 0 saturated carbocycles. The number of hydrogen-bond donors (Lipinski definition) is 2. The maximum absolute atomic E-state index is 13.6. The third-order valence-corrected chi connectivity index (χ3v) is 7.84. The van der Waals surface area contributed by atoms with E-state index in [0.29, 0.717) is 24.4 Å². The summed E-state index contributed by atoms with van der Waals surface area (Å²) in [5.74, 6) is -2.00. The maximum atomic E-state index is 13.6. The van der Waals surface area contributed by atoms with E-state index in [9.17, 15) is 22.4 Å². The standard InChI is InChI=1S/C23H27ClFN3O4S/c1-16-14-20(9-10-21(16)25)33(31,32)28-13-3-2-4-19(28)11-12-26-22(29)23(30)27-15-17-5-7-18(24)8-6-17/h5-10,14,19H,2-4,11-13,15H2,1H3,(H,26,29)(H,27,30)/t19-/m0/s1. The predicted molar refractivity (Wildman–Crippen MR) is 124 cm³/mol. The van der Waals surface area contributed by atoms with Gasteiger partial charge in [-0.1, -0.05) is 30.2 Å². The van der Waals surface area contributed by atoms with Crippen LogP contribution in [-0.2, 0) is 26.2 Å². The Balaban J connectivity index is 1.54. The van der Waals surface area contributed by atoms with Crippen molar-refractivity contribution in [1.29, 1.82) is 0 Å². The van der Waals surface area contributed by atoms with Crippen molar-refractivity contribution in [3.63, 3.8) is 0 Å². The number of piperidine rings is 1. The van der Waals surface area contributed by atoms with Crippen molar-refractivity contribution in [3.8, 4) is 0 Å². The van der Waals surface area contributed by atoms with Gasteiger partial charge >= 0.3 is 11.8 Å². The van der Waals surface area contributed by atoms with Gasteiger partial charge in [-0.25, -0.2) is 12.8 Å². The number of carbonyl (C=O) groups is 2. The maximum Gasteiger partial charge on any atom is 0.309 e. The number of halogens is 2. The molecule has 0 unspecified atom stereocenters. The van der Waals surface area contributed by atoms with E-state index in [1.54, 1.807) is 24.3 Å². The van der Waals surface area contributed by atoms with Crippen LogP contribution in [-0.4, -0.2) is 43.7 Å². The van der Waals surface area contributed by atoms with Crippen LogP contribution in [0.1, 0.15) is 36.8 Å². The molecule has 2 aromatic carbocycles. The van der Waals surface area contributed by atoms with E-state index in [-0.39, 0.29) is 29.6 Å². The molecule has 3 rings (SSSR count). The topological polar surface area (TPSA) is 95.6 Å². The van der Waals surface area contributed by atoms with Crippen molar-refractivity contribution >= 4 is 33.4 Å². The van der Waals surface area contributed by atoms with Crippen LogP contribution < -0.4 is 10.6 Å². The zero-order valence-corrected chi connectivity index (χ0v) is 19.9. The summed E-state index contributed by atoms with van der Waals surface area (Å²) in [5.41, 5.74) is 1.07. The van der Waals surface area contributed by atoms with Crippen molar-refractivity contribution in [1.82, 2.24) is 14.9 Å². The lowest BCUT2D eigenvalue weighted by atomic mass is 10.0. The number of nitrogens with zero attached hydrogens (tertiary/aromatic N) is 1. The molecule has 1 atom stereocenters. The van der Waals surface area contributed by atoms with Gasteiger partial charge in [0.05, 0.1) is 4.90 Å². The normalized spacial score (nSPS) is 16.9. The van der Waals surface area contributed by atoms with Crippen LogP contribution in [0.4, 0.5) is 4.39 Å². The van der Waals surface area contributed by atoms with Crippen molar-refractivity contribution in [3.05, 3.63) is 64.4 Å². The summed E-state index contributed by atoms with van der Waals surface area (Å²) in [4.78, 5) is 24.2. The lowest BCUT2D eigenvalue weighted by Crippen LogP contribution is -2.46. The van der Waals surface area contributed by atoms with Crippen molar-refractivity contribution < 1.29 is 22.4 Å². The van der Waals surface area contributed by atoms with E-state index < -0.39 is 27.7 Å². The highest BCUT2D eigenvalue weighted by molar-refractivity contribution is 7.89. The third kappa shape index (κ3) is 6.52. The van der Waals surface area contributed by atoms with Crippen LogP contribution in [0.2, 0.25) is 5.02 Å². The van der Waals surface area contributed by atoms with Gasteiger partial charge in [-0.15, -0.1) is 0 Å². The first-order valence-electron chi connectivity index (χ1n) is 10.8. The van der Waals surface area contributed by atoms with Crippen LogP contribution in [0.3, 0.4) is 0 Å². The van der Waals surface area contributed by atoms with Gasteiger partial charge in [0.1, 0.15) is 5.82 Å². The first kappa shape index (κ1) is 25.1. The van der Waals surface area contributed by atoms with Crippen molar-refractivity contribution in [2.24, 2.45) is 0 Å². The fourth-order valence-electron chi connectivity index (χ4n) is 3.79. The molecule has 2 aromatic rings. The summed E-state index contributed by atoms with van der Waals surface area (Å²) in [6.07, 6.45) is 2.62. The molecule has 0 bridgehead atoms. The Bertz CT molecular complexity index is 1110. The second kappa shape index (κ2) is 11.1. The highest BCUT2D eigenvalue weighted by Gasteiger charge is 2.33. The molecular weight excluding hydrogens is 469 g/mol. The molecule has 2 amide bonds. The van der Waals surface area contributed by atoms with Crippen LogP contribution in [0.5, 0.6) is 0 Å². The molecule has 1 aliphatic rings. The first-order chi connectivity index (χ1) is 15.7. The second-order valence-corrected chi connectivity index (χ2v) is 10.4. The second-order valence-electron chi connectivity index (χ2n) is 8.03. The lowest BCUT2D eigenvalue weighted by Gasteiger charge is -2.34. The zero-order chi connectivity index (χ0) is 24.0. The molecule has 1 saturated heterocycles. The number of aryl methyl sites for hydroxylation is 1. The average Bonchev–Trinajstić information content (AvgIpc) is 2.80. The van der Waals surface area contributed by atoms with E-state index in [2.05, 4.69) is 10.6 Å². The SMILES string of the molecule is Cc1cc(S(=O)(=O)N2CCCC[C@H]2CCNC(=O)C(=O)NCc2ccc(Cl)cc2)ccc1F.